The predicted octanol–water partition coefficient (Wildman–Crippen LogP) is 0.630. The fourth-order valence-corrected chi connectivity index (χ4v) is 0.801. The van der Waals surface area contributed by atoms with E-state index in [1.807, 2.05) is 0 Å². The van der Waals surface area contributed by atoms with Gasteiger partial charge in [0.25, 0.3) is 6.43 Å². The number of ether oxygens (including phenoxy) is 1. The first-order valence-corrected chi connectivity index (χ1v) is 4.45. The summed E-state index contributed by atoms with van der Waals surface area (Å²) in [4.78, 5) is 0. The van der Waals surface area contributed by atoms with Gasteiger partial charge in [-0.15, -0.1) is 0 Å². The van der Waals surface area contributed by atoms with E-state index in [1.54, 1.807) is 0 Å². The van der Waals surface area contributed by atoms with E-state index < -0.39 is 13.0 Å². The average Bonchev–Trinajstić information content (AvgIpc) is 2.09. The maximum absolute atomic E-state index is 11.5. The Balaban J connectivity index is 2.84. The van der Waals surface area contributed by atoms with Crippen molar-refractivity contribution in [2.75, 3.05) is 32.9 Å². The third-order valence-corrected chi connectivity index (χ3v) is 1.40. The molecule has 0 amide bonds. The zero-order chi connectivity index (χ0) is 9.94. The van der Waals surface area contributed by atoms with Gasteiger partial charge < -0.3 is 15.2 Å². The smallest absolute Gasteiger partial charge is 0.261 e. The highest BCUT2D eigenvalue weighted by molar-refractivity contribution is 4.47. The minimum atomic E-state index is -2.37. The molecule has 0 aliphatic heterocycles. The van der Waals surface area contributed by atoms with Crippen molar-refractivity contribution in [1.82, 2.24) is 5.32 Å². The Labute approximate surface area is 77.1 Å². The van der Waals surface area contributed by atoms with Gasteiger partial charge in [0.1, 0.15) is 6.61 Å². The van der Waals surface area contributed by atoms with Crippen LogP contribution in [0.4, 0.5) is 8.78 Å². The fraction of sp³-hybridized carbons (Fsp3) is 1.00. The van der Waals surface area contributed by atoms with Crippen LogP contribution in [0.1, 0.15) is 12.8 Å². The van der Waals surface area contributed by atoms with Crippen molar-refractivity contribution >= 4 is 0 Å². The molecule has 0 fully saturated rings. The van der Waals surface area contributed by atoms with Crippen molar-refractivity contribution in [3.63, 3.8) is 0 Å². The second kappa shape index (κ2) is 9.83. The first kappa shape index (κ1) is 12.7. The molecule has 0 aliphatic carbocycles. The molecule has 3 nitrogen and oxygen atoms in total. The molecule has 0 aromatic carbocycles. The number of halogens is 2. The summed E-state index contributed by atoms with van der Waals surface area (Å²) in [5, 5.41) is 11.5. The van der Waals surface area contributed by atoms with Crippen LogP contribution in [0.15, 0.2) is 0 Å². The highest BCUT2D eigenvalue weighted by Crippen LogP contribution is 1.92. The summed E-state index contributed by atoms with van der Waals surface area (Å²) < 4.78 is 27.7. The van der Waals surface area contributed by atoms with Gasteiger partial charge in [0.15, 0.2) is 0 Å². The Bertz CT molecular complexity index is 104. The van der Waals surface area contributed by atoms with E-state index in [9.17, 15) is 8.78 Å². The molecule has 0 aliphatic rings. The first-order chi connectivity index (χ1) is 6.27. The molecule has 0 rings (SSSR count). The van der Waals surface area contributed by atoms with Gasteiger partial charge in [-0.3, -0.25) is 0 Å². The first-order valence-electron chi connectivity index (χ1n) is 4.45. The second-order valence-electron chi connectivity index (χ2n) is 2.65. The van der Waals surface area contributed by atoms with E-state index in [0.717, 1.165) is 25.9 Å². The van der Waals surface area contributed by atoms with E-state index in [2.05, 4.69) is 10.1 Å². The van der Waals surface area contributed by atoms with Crippen molar-refractivity contribution in [1.29, 1.82) is 0 Å². The zero-order valence-electron chi connectivity index (χ0n) is 7.64. The van der Waals surface area contributed by atoms with Gasteiger partial charge in [-0.25, -0.2) is 8.78 Å². The lowest BCUT2D eigenvalue weighted by atomic mass is 10.4. The summed E-state index contributed by atoms with van der Waals surface area (Å²) >= 11 is 0. The molecule has 0 aromatic rings. The van der Waals surface area contributed by atoms with Gasteiger partial charge in [0.2, 0.25) is 0 Å². The lowest BCUT2D eigenvalue weighted by molar-refractivity contribution is 0.0168. The van der Waals surface area contributed by atoms with Crippen LogP contribution in [0.3, 0.4) is 0 Å². The van der Waals surface area contributed by atoms with Gasteiger partial charge in [0.05, 0.1) is 0 Å². The second-order valence-corrected chi connectivity index (χ2v) is 2.65. The largest absolute Gasteiger partial charge is 0.396 e. The molecule has 13 heavy (non-hydrogen) atoms. The van der Waals surface area contributed by atoms with Gasteiger partial charge >= 0.3 is 0 Å². The van der Waals surface area contributed by atoms with Gasteiger partial charge in [-0.1, -0.05) is 0 Å². The van der Waals surface area contributed by atoms with Crippen LogP contribution in [0, 0.1) is 0 Å². The van der Waals surface area contributed by atoms with E-state index in [0.29, 0.717) is 6.61 Å². The number of rotatable bonds is 9. The molecule has 0 heterocycles. The molecule has 0 spiro atoms. The molecular weight excluding hydrogens is 180 g/mol. The summed E-state index contributed by atoms with van der Waals surface area (Å²) in [6.45, 7) is 1.55. The molecule has 5 heteroatoms. The Hall–Kier alpha value is -0.260. The Morgan fingerprint density at radius 2 is 1.92 bits per heavy atom. The van der Waals surface area contributed by atoms with E-state index in [4.69, 9.17) is 5.11 Å². The fourth-order valence-electron chi connectivity index (χ4n) is 0.801. The van der Waals surface area contributed by atoms with Crippen LogP contribution in [0.25, 0.3) is 0 Å². The lowest BCUT2D eigenvalue weighted by Gasteiger charge is -2.04. The van der Waals surface area contributed by atoms with Crippen molar-refractivity contribution < 1.29 is 18.6 Å². The SMILES string of the molecule is OCCCNCCCOCC(F)F. The quantitative estimate of drug-likeness (QED) is 0.533. The van der Waals surface area contributed by atoms with Crippen LogP contribution >= 0.6 is 0 Å². The highest BCUT2D eigenvalue weighted by atomic mass is 19.3. The topological polar surface area (TPSA) is 41.5 Å². The Morgan fingerprint density at radius 1 is 1.23 bits per heavy atom. The number of alkyl halides is 2. The van der Waals surface area contributed by atoms with Crippen molar-refractivity contribution in [3.05, 3.63) is 0 Å². The summed E-state index contributed by atoms with van der Waals surface area (Å²) in [5.74, 6) is 0. The van der Waals surface area contributed by atoms with E-state index in [1.165, 1.54) is 0 Å². The summed E-state index contributed by atoms with van der Waals surface area (Å²) in [6, 6.07) is 0. The van der Waals surface area contributed by atoms with Crippen molar-refractivity contribution in [2.24, 2.45) is 0 Å². The number of aliphatic hydroxyl groups excluding tert-OH is 1. The predicted molar refractivity (Wildman–Crippen MR) is 46.0 cm³/mol. The van der Waals surface area contributed by atoms with Crippen LogP contribution in [0.2, 0.25) is 0 Å². The number of aliphatic hydroxyl groups is 1. The monoisotopic (exact) mass is 197 g/mol. The molecule has 0 saturated carbocycles. The normalized spacial score (nSPS) is 11.1. The number of hydrogen-bond acceptors (Lipinski definition) is 3. The summed E-state index contributed by atoms with van der Waals surface area (Å²) in [7, 11) is 0. The maximum atomic E-state index is 11.5. The molecule has 80 valence electrons. The van der Waals surface area contributed by atoms with Crippen molar-refractivity contribution in [2.45, 2.75) is 19.3 Å². The molecule has 0 radical (unpaired) electrons. The maximum Gasteiger partial charge on any atom is 0.261 e. The third-order valence-electron chi connectivity index (χ3n) is 1.40. The Kier molecular flexibility index (Phi) is 9.63. The van der Waals surface area contributed by atoms with Gasteiger partial charge in [-0.2, -0.15) is 0 Å². The minimum Gasteiger partial charge on any atom is -0.396 e. The molecule has 2 N–H and O–H groups in total. The molecule has 0 aromatic heterocycles. The summed E-state index contributed by atoms with van der Waals surface area (Å²) in [5.41, 5.74) is 0. The third kappa shape index (κ3) is 11.7. The van der Waals surface area contributed by atoms with Crippen LogP contribution in [-0.2, 0) is 4.74 Å². The van der Waals surface area contributed by atoms with Crippen LogP contribution in [0.5, 0.6) is 0 Å². The minimum absolute atomic E-state index is 0.175. The standard InChI is InChI=1S/C8H17F2NO2/c9-8(10)7-13-6-2-4-11-3-1-5-12/h8,11-12H,1-7H2. The average molecular weight is 197 g/mol. The molecule has 0 atom stereocenters. The van der Waals surface area contributed by atoms with Crippen LogP contribution < -0.4 is 5.32 Å². The lowest BCUT2D eigenvalue weighted by Crippen LogP contribution is -2.19. The van der Waals surface area contributed by atoms with Gasteiger partial charge in [-0.05, 0) is 25.9 Å². The van der Waals surface area contributed by atoms with E-state index >= 15 is 0 Å². The molecule has 0 bridgehead atoms. The van der Waals surface area contributed by atoms with Crippen molar-refractivity contribution in [3.8, 4) is 0 Å². The highest BCUT2D eigenvalue weighted by Gasteiger charge is 2.00. The Morgan fingerprint density at radius 3 is 2.54 bits per heavy atom. The molecule has 0 unspecified atom stereocenters. The molecular formula is C8H17F2NO2. The zero-order valence-corrected chi connectivity index (χ0v) is 7.64. The van der Waals surface area contributed by atoms with E-state index in [-0.39, 0.29) is 6.61 Å². The summed E-state index contributed by atoms with van der Waals surface area (Å²) in [6.07, 6.45) is -0.932. The number of hydrogen-bond donors (Lipinski definition) is 2. The van der Waals surface area contributed by atoms with Crippen LogP contribution in [-0.4, -0.2) is 44.4 Å². The number of nitrogens with one attached hydrogen (secondary N) is 1. The molecule has 0 saturated heterocycles. The van der Waals surface area contributed by atoms with Gasteiger partial charge in [0, 0.05) is 13.2 Å².